The fourth-order valence-corrected chi connectivity index (χ4v) is 5.98. The quantitative estimate of drug-likeness (QED) is 0.194. The minimum Gasteiger partial charge on any atom is -0.396 e. The fraction of sp³-hybridized carbons (Fsp3) is 0.545. The van der Waals surface area contributed by atoms with Gasteiger partial charge in [0.15, 0.2) is 11.2 Å². The van der Waals surface area contributed by atoms with E-state index in [1.165, 1.54) is 10.9 Å². The van der Waals surface area contributed by atoms with Gasteiger partial charge in [0.25, 0.3) is 5.56 Å². The number of imidazole rings is 1. The molecule has 1 fully saturated rings. The van der Waals surface area contributed by atoms with E-state index in [9.17, 15) is 28.5 Å². The number of aromatic nitrogens is 4. The Bertz CT molecular complexity index is 1190. The third-order valence-electron chi connectivity index (χ3n) is 4.18. The number of hydrogen-bond acceptors (Lipinski definition) is 12. The second-order valence-electron chi connectivity index (χ2n) is 6.47. The molecule has 0 radical (unpaired) electrons. The lowest BCUT2D eigenvalue weighted by atomic mass is 10.0. The maximum Gasteiger partial charge on any atom is 0.490 e. The summed E-state index contributed by atoms with van der Waals surface area (Å²) in [6, 6.07) is 0. The van der Waals surface area contributed by atoms with Crippen molar-refractivity contribution in [1.82, 2.24) is 19.5 Å². The monoisotopic (exact) mass is 521 g/mol. The first-order chi connectivity index (χ1) is 14.7. The molecule has 1 aliphatic rings. The molecule has 0 saturated carbocycles. The van der Waals surface area contributed by atoms with Gasteiger partial charge in [-0.15, -0.1) is 0 Å². The summed E-state index contributed by atoms with van der Waals surface area (Å²) in [7, 11) is -16.5. The van der Waals surface area contributed by atoms with Crippen LogP contribution in [-0.2, 0) is 31.6 Å². The lowest BCUT2D eigenvalue weighted by molar-refractivity contribution is -0.0328. The number of aliphatic hydroxyl groups excluding tert-OH is 1. The standard InChI is InChI=1S/C11H18N5O13P3/c12-11-14-9-8(10(18)15-11)13-4-16(9)7-1-5(2-17)6(27-7)3-26-31(22,23)29-32(24,25)28-30(19,20)21/h4-7,17H,1-3H2,(H,22,23)(H,24,25)(H2,19,20,21)(H3,12,14,15,18)/t5-,6-,7-/m1/s1. The number of phosphoric ester groups is 1. The number of phosphoric acid groups is 3. The molecule has 2 aromatic rings. The van der Waals surface area contributed by atoms with Crippen molar-refractivity contribution in [3.05, 3.63) is 16.7 Å². The zero-order valence-corrected chi connectivity index (χ0v) is 18.4. The molecular formula is C11H18N5O13P3. The number of aliphatic hydroxyl groups is 1. The molecule has 0 amide bonds. The molecule has 0 bridgehead atoms. The van der Waals surface area contributed by atoms with Gasteiger partial charge >= 0.3 is 23.5 Å². The van der Waals surface area contributed by atoms with Crippen LogP contribution in [0.2, 0.25) is 0 Å². The van der Waals surface area contributed by atoms with E-state index in [0.717, 1.165) is 0 Å². The zero-order chi connectivity index (χ0) is 23.9. The first-order valence-electron chi connectivity index (χ1n) is 8.47. The van der Waals surface area contributed by atoms with Gasteiger partial charge in [-0.05, 0) is 0 Å². The van der Waals surface area contributed by atoms with Crippen molar-refractivity contribution in [2.45, 2.75) is 18.8 Å². The number of anilines is 1. The van der Waals surface area contributed by atoms with Gasteiger partial charge in [0.2, 0.25) is 5.95 Å². The Kier molecular flexibility index (Phi) is 7.08. The average Bonchev–Trinajstić information content (AvgIpc) is 3.20. The molecule has 32 heavy (non-hydrogen) atoms. The minimum atomic E-state index is -5.66. The van der Waals surface area contributed by atoms with Crippen molar-refractivity contribution in [3.8, 4) is 0 Å². The van der Waals surface area contributed by atoms with Crippen LogP contribution in [0, 0.1) is 5.92 Å². The zero-order valence-electron chi connectivity index (χ0n) is 15.7. The summed E-state index contributed by atoms with van der Waals surface area (Å²) in [4.78, 5) is 57.9. The molecule has 3 heterocycles. The Morgan fingerprint density at radius 2 is 1.91 bits per heavy atom. The van der Waals surface area contributed by atoms with Crippen molar-refractivity contribution < 1.29 is 56.3 Å². The molecule has 1 saturated heterocycles. The Morgan fingerprint density at radius 3 is 2.53 bits per heavy atom. The number of fused-ring (bicyclic) bond motifs is 1. The number of nitrogens with zero attached hydrogens (tertiary/aromatic N) is 3. The second kappa shape index (κ2) is 9.02. The third kappa shape index (κ3) is 6.08. The fourth-order valence-electron chi connectivity index (χ4n) is 2.95. The van der Waals surface area contributed by atoms with Crippen LogP contribution < -0.4 is 11.3 Å². The molecule has 0 aliphatic carbocycles. The normalized spacial score (nSPS) is 25.6. The van der Waals surface area contributed by atoms with Gasteiger partial charge in [0.05, 0.1) is 19.0 Å². The largest absolute Gasteiger partial charge is 0.490 e. The highest BCUT2D eigenvalue weighted by Crippen LogP contribution is 2.66. The predicted octanol–water partition coefficient (Wildman–Crippen LogP) is -1.06. The molecular weight excluding hydrogens is 503 g/mol. The van der Waals surface area contributed by atoms with Crippen molar-refractivity contribution in [3.63, 3.8) is 0 Å². The van der Waals surface area contributed by atoms with Gasteiger partial charge in [-0.25, -0.2) is 18.7 Å². The maximum atomic E-state index is 11.9. The molecule has 0 aromatic carbocycles. The predicted molar refractivity (Wildman–Crippen MR) is 101 cm³/mol. The molecule has 5 atom stereocenters. The third-order valence-corrected chi connectivity index (χ3v) is 7.98. The Labute approximate surface area is 177 Å². The van der Waals surface area contributed by atoms with Crippen LogP contribution in [0.1, 0.15) is 12.6 Å². The SMILES string of the molecule is Nc1nc2c(ncn2[C@H]2C[C@H](CO)[C@@H](COP(=O)(O)OP(=O)(O)OP(=O)(O)O)O2)c(=O)[nH]1. The Hall–Kier alpha value is -1.52. The Morgan fingerprint density at radius 1 is 1.22 bits per heavy atom. The summed E-state index contributed by atoms with van der Waals surface area (Å²) in [5.41, 5.74) is 5.00. The lowest BCUT2D eigenvalue weighted by Gasteiger charge is -2.20. The first-order valence-corrected chi connectivity index (χ1v) is 13.0. The van der Waals surface area contributed by atoms with Gasteiger partial charge in [-0.1, -0.05) is 0 Å². The highest BCUT2D eigenvalue weighted by Gasteiger charge is 2.43. The van der Waals surface area contributed by atoms with E-state index in [4.69, 9.17) is 25.2 Å². The van der Waals surface area contributed by atoms with Gasteiger partial charge < -0.3 is 35.2 Å². The van der Waals surface area contributed by atoms with E-state index in [-0.39, 0.29) is 23.5 Å². The van der Waals surface area contributed by atoms with Crippen molar-refractivity contribution in [2.24, 2.45) is 5.92 Å². The molecule has 3 rings (SSSR count). The molecule has 2 unspecified atom stereocenters. The van der Waals surface area contributed by atoms with Crippen molar-refractivity contribution >= 4 is 40.6 Å². The highest BCUT2D eigenvalue weighted by molar-refractivity contribution is 7.66. The molecule has 21 heteroatoms. The van der Waals surface area contributed by atoms with E-state index in [2.05, 4.69) is 28.1 Å². The molecule has 180 valence electrons. The van der Waals surface area contributed by atoms with E-state index >= 15 is 0 Å². The smallest absolute Gasteiger partial charge is 0.396 e. The van der Waals surface area contributed by atoms with Crippen molar-refractivity contribution in [2.75, 3.05) is 18.9 Å². The van der Waals surface area contributed by atoms with Crippen LogP contribution in [-0.4, -0.2) is 63.5 Å². The summed E-state index contributed by atoms with van der Waals surface area (Å²) in [5, 5.41) is 9.59. The first kappa shape index (κ1) is 25.1. The van der Waals surface area contributed by atoms with Crippen LogP contribution in [0.5, 0.6) is 0 Å². The maximum absolute atomic E-state index is 11.9. The number of rotatable bonds is 9. The van der Waals surface area contributed by atoms with Crippen LogP contribution >= 0.6 is 23.5 Å². The summed E-state index contributed by atoms with van der Waals surface area (Å²) in [6.45, 7) is -1.20. The van der Waals surface area contributed by atoms with E-state index < -0.39 is 60.5 Å². The lowest BCUT2D eigenvalue weighted by Crippen LogP contribution is -2.24. The Balaban J connectivity index is 1.71. The van der Waals surface area contributed by atoms with Crippen LogP contribution in [0.4, 0.5) is 5.95 Å². The topological polar surface area (TPSA) is 279 Å². The molecule has 18 nitrogen and oxygen atoms in total. The van der Waals surface area contributed by atoms with E-state index in [1.807, 2.05) is 0 Å². The number of nitrogen functional groups attached to an aromatic ring is 1. The summed E-state index contributed by atoms with van der Waals surface area (Å²) in [5.74, 6) is -0.839. The number of nitrogens with two attached hydrogens (primary N) is 1. The minimum absolute atomic E-state index is 0.0277. The van der Waals surface area contributed by atoms with Crippen LogP contribution in [0.3, 0.4) is 0 Å². The number of H-pyrrole nitrogens is 1. The van der Waals surface area contributed by atoms with Crippen LogP contribution in [0.15, 0.2) is 11.1 Å². The number of hydrogen-bond donors (Lipinski definition) is 7. The van der Waals surface area contributed by atoms with Crippen LogP contribution in [0.25, 0.3) is 11.2 Å². The molecule has 8 N–H and O–H groups in total. The van der Waals surface area contributed by atoms with Crippen molar-refractivity contribution in [1.29, 1.82) is 0 Å². The van der Waals surface area contributed by atoms with Gasteiger partial charge in [0.1, 0.15) is 6.23 Å². The van der Waals surface area contributed by atoms with Gasteiger partial charge in [-0.3, -0.25) is 18.9 Å². The number of aromatic amines is 1. The van der Waals surface area contributed by atoms with Gasteiger partial charge in [-0.2, -0.15) is 13.6 Å². The van der Waals surface area contributed by atoms with E-state index in [1.54, 1.807) is 0 Å². The van der Waals surface area contributed by atoms with Gasteiger partial charge in [0, 0.05) is 18.9 Å². The number of ether oxygens (including phenoxy) is 1. The van der Waals surface area contributed by atoms with E-state index in [0.29, 0.717) is 0 Å². The summed E-state index contributed by atoms with van der Waals surface area (Å²) < 4.78 is 52.7. The summed E-state index contributed by atoms with van der Waals surface area (Å²) in [6.07, 6.45) is -0.524. The second-order valence-corrected chi connectivity index (χ2v) is 10.9. The molecule has 2 aromatic heterocycles. The number of nitrogens with one attached hydrogen (secondary N) is 1. The average molecular weight is 521 g/mol. The summed E-state index contributed by atoms with van der Waals surface area (Å²) >= 11 is 0. The molecule has 0 spiro atoms. The molecule has 1 aliphatic heterocycles. The highest BCUT2D eigenvalue weighted by atomic mass is 31.3.